The lowest BCUT2D eigenvalue weighted by Crippen LogP contribution is -2.08. The number of nitrogens with one attached hydrogen (secondary N) is 2. The summed E-state index contributed by atoms with van der Waals surface area (Å²) in [5.41, 5.74) is 1.08. The van der Waals surface area contributed by atoms with Crippen molar-refractivity contribution < 1.29 is 9.47 Å². The summed E-state index contributed by atoms with van der Waals surface area (Å²) < 4.78 is 10.4. The molecular weight excluding hydrogens is 280 g/mol. The highest BCUT2D eigenvalue weighted by molar-refractivity contribution is 5.47. The maximum absolute atomic E-state index is 5.34. The Morgan fingerprint density at radius 3 is 2.59 bits per heavy atom. The van der Waals surface area contributed by atoms with Gasteiger partial charge in [0.05, 0.1) is 7.11 Å². The van der Waals surface area contributed by atoms with E-state index in [0.29, 0.717) is 6.54 Å². The normalized spacial score (nSPS) is 10.3. The lowest BCUT2D eigenvalue weighted by molar-refractivity contribution is 0.198. The van der Waals surface area contributed by atoms with E-state index < -0.39 is 0 Å². The summed E-state index contributed by atoms with van der Waals surface area (Å²) in [7, 11) is 3.37. The first-order valence-corrected chi connectivity index (χ1v) is 7.24. The van der Waals surface area contributed by atoms with Gasteiger partial charge in [0, 0.05) is 38.4 Å². The largest absolute Gasteiger partial charge is 0.496 e. The lowest BCUT2D eigenvalue weighted by atomic mass is 10.2. The van der Waals surface area contributed by atoms with E-state index in [1.165, 1.54) is 0 Å². The minimum atomic E-state index is 0.643. The Morgan fingerprint density at radius 1 is 1.05 bits per heavy atom. The fourth-order valence-electron chi connectivity index (χ4n) is 2.02. The third-order valence-corrected chi connectivity index (χ3v) is 3.15. The van der Waals surface area contributed by atoms with Crippen LogP contribution in [-0.4, -0.2) is 37.3 Å². The smallest absolute Gasteiger partial charge is 0.131 e. The molecule has 1 aromatic heterocycles. The molecule has 0 aliphatic rings. The van der Waals surface area contributed by atoms with Gasteiger partial charge in [-0.1, -0.05) is 18.2 Å². The highest BCUT2D eigenvalue weighted by Crippen LogP contribution is 2.18. The van der Waals surface area contributed by atoms with E-state index in [0.717, 1.165) is 42.5 Å². The van der Waals surface area contributed by atoms with Gasteiger partial charge in [-0.25, -0.2) is 9.97 Å². The van der Waals surface area contributed by atoms with Crippen LogP contribution in [0, 0.1) is 0 Å². The van der Waals surface area contributed by atoms with Gasteiger partial charge >= 0.3 is 0 Å². The molecule has 22 heavy (non-hydrogen) atoms. The zero-order valence-electron chi connectivity index (χ0n) is 13.0. The van der Waals surface area contributed by atoms with Crippen LogP contribution in [0.15, 0.2) is 36.7 Å². The fraction of sp³-hybridized carbons (Fsp3) is 0.375. The first kappa shape index (κ1) is 16.0. The van der Waals surface area contributed by atoms with Crippen LogP contribution in [0.2, 0.25) is 0 Å². The average molecular weight is 302 g/mol. The molecule has 0 bridgehead atoms. The molecule has 6 nitrogen and oxygen atoms in total. The Kier molecular flexibility index (Phi) is 6.44. The van der Waals surface area contributed by atoms with Crippen LogP contribution in [0.5, 0.6) is 5.75 Å². The molecule has 2 aromatic rings. The third-order valence-electron chi connectivity index (χ3n) is 3.15. The highest BCUT2D eigenvalue weighted by Gasteiger charge is 2.03. The van der Waals surface area contributed by atoms with Crippen molar-refractivity contribution in [3.63, 3.8) is 0 Å². The van der Waals surface area contributed by atoms with Crippen molar-refractivity contribution >= 4 is 11.6 Å². The van der Waals surface area contributed by atoms with Gasteiger partial charge in [0.25, 0.3) is 0 Å². The number of ether oxygens (including phenoxy) is 2. The quantitative estimate of drug-likeness (QED) is 0.694. The van der Waals surface area contributed by atoms with Crippen LogP contribution >= 0.6 is 0 Å². The number of anilines is 2. The summed E-state index contributed by atoms with van der Waals surface area (Å²) in [5, 5.41) is 6.53. The average Bonchev–Trinajstić information content (AvgIpc) is 2.57. The van der Waals surface area contributed by atoms with Crippen LogP contribution in [0.25, 0.3) is 0 Å². The van der Waals surface area contributed by atoms with Crippen LogP contribution in [0.3, 0.4) is 0 Å². The maximum atomic E-state index is 5.34. The molecule has 0 aliphatic carbocycles. The Balaban J connectivity index is 1.90. The van der Waals surface area contributed by atoms with E-state index in [-0.39, 0.29) is 0 Å². The molecular formula is C16H22N4O2. The van der Waals surface area contributed by atoms with Gasteiger partial charge in [-0.2, -0.15) is 0 Å². The molecule has 1 aromatic carbocycles. The van der Waals surface area contributed by atoms with Crippen LogP contribution in [0.1, 0.15) is 12.0 Å². The van der Waals surface area contributed by atoms with Crippen molar-refractivity contribution in [2.75, 3.05) is 38.0 Å². The number of methoxy groups -OCH3 is 2. The van der Waals surface area contributed by atoms with Crippen molar-refractivity contribution in [1.29, 1.82) is 0 Å². The Morgan fingerprint density at radius 2 is 1.82 bits per heavy atom. The number of nitrogens with zero attached hydrogens (tertiary/aromatic N) is 2. The van der Waals surface area contributed by atoms with Crippen molar-refractivity contribution in [2.45, 2.75) is 13.0 Å². The van der Waals surface area contributed by atoms with Gasteiger partial charge in [-0.3, -0.25) is 0 Å². The van der Waals surface area contributed by atoms with Crippen molar-refractivity contribution in [3.05, 3.63) is 42.2 Å². The van der Waals surface area contributed by atoms with Gasteiger partial charge < -0.3 is 20.1 Å². The van der Waals surface area contributed by atoms with Crippen LogP contribution in [-0.2, 0) is 11.3 Å². The van der Waals surface area contributed by atoms with E-state index in [1.807, 2.05) is 30.3 Å². The van der Waals surface area contributed by atoms with Crippen molar-refractivity contribution in [1.82, 2.24) is 9.97 Å². The van der Waals surface area contributed by atoms with Gasteiger partial charge in [-0.15, -0.1) is 0 Å². The van der Waals surface area contributed by atoms with E-state index in [4.69, 9.17) is 9.47 Å². The Hall–Kier alpha value is -2.34. The molecule has 0 fully saturated rings. The third kappa shape index (κ3) is 4.89. The second kappa shape index (κ2) is 8.84. The molecule has 118 valence electrons. The van der Waals surface area contributed by atoms with Gasteiger partial charge in [0.2, 0.25) is 0 Å². The predicted molar refractivity (Wildman–Crippen MR) is 87.3 cm³/mol. The van der Waals surface area contributed by atoms with Crippen LogP contribution in [0.4, 0.5) is 11.6 Å². The summed E-state index contributed by atoms with van der Waals surface area (Å²) in [6, 6.07) is 9.80. The molecule has 0 amide bonds. The minimum absolute atomic E-state index is 0.643. The number of para-hydroxylation sites is 1. The first-order valence-electron chi connectivity index (χ1n) is 7.24. The second-order valence-corrected chi connectivity index (χ2v) is 4.73. The summed E-state index contributed by atoms with van der Waals surface area (Å²) in [5.74, 6) is 2.44. The van der Waals surface area contributed by atoms with Gasteiger partial charge in [0.1, 0.15) is 23.7 Å². The van der Waals surface area contributed by atoms with Gasteiger partial charge in [0.15, 0.2) is 0 Å². The molecule has 0 radical (unpaired) electrons. The number of hydrogen-bond acceptors (Lipinski definition) is 6. The zero-order chi connectivity index (χ0) is 15.6. The summed E-state index contributed by atoms with van der Waals surface area (Å²) >= 11 is 0. The first-order chi connectivity index (χ1) is 10.8. The number of hydrogen-bond donors (Lipinski definition) is 2. The highest BCUT2D eigenvalue weighted by atomic mass is 16.5. The standard InChI is InChI=1S/C16H22N4O2/c1-21-9-5-8-17-15-10-16(20-12-19-15)18-11-13-6-3-4-7-14(13)22-2/h3-4,6-7,10,12H,5,8-9,11H2,1-2H3,(H2,17,18,19,20). The Bertz CT molecular complexity index is 578. The second-order valence-electron chi connectivity index (χ2n) is 4.73. The molecule has 0 aliphatic heterocycles. The lowest BCUT2D eigenvalue weighted by Gasteiger charge is -2.11. The topological polar surface area (TPSA) is 68.3 Å². The van der Waals surface area contributed by atoms with Gasteiger partial charge in [-0.05, 0) is 12.5 Å². The summed E-state index contributed by atoms with van der Waals surface area (Å²) in [6.07, 6.45) is 2.48. The molecule has 0 saturated heterocycles. The minimum Gasteiger partial charge on any atom is -0.496 e. The van der Waals surface area contributed by atoms with E-state index in [2.05, 4.69) is 20.6 Å². The molecule has 2 N–H and O–H groups in total. The Labute approximate surface area is 130 Å². The summed E-state index contributed by atoms with van der Waals surface area (Å²) in [4.78, 5) is 8.42. The number of rotatable bonds is 9. The fourth-order valence-corrected chi connectivity index (χ4v) is 2.02. The van der Waals surface area contributed by atoms with E-state index >= 15 is 0 Å². The molecule has 0 saturated carbocycles. The molecule has 0 atom stereocenters. The van der Waals surface area contributed by atoms with Crippen molar-refractivity contribution in [2.24, 2.45) is 0 Å². The maximum Gasteiger partial charge on any atom is 0.131 e. The number of benzene rings is 1. The monoisotopic (exact) mass is 302 g/mol. The predicted octanol–water partition coefficient (Wildman–Crippen LogP) is 2.55. The number of aromatic nitrogens is 2. The molecule has 0 spiro atoms. The molecule has 0 unspecified atom stereocenters. The molecule has 6 heteroatoms. The van der Waals surface area contributed by atoms with Crippen LogP contribution < -0.4 is 15.4 Å². The van der Waals surface area contributed by atoms with Crippen molar-refractivity contribution in [3.8, 4) is 5.75 Å². The van der Waals surface area contributed by atoms with E-state index in [1.54, 1.807) is 20.5 Å². The summed E-state index contributed by atoms with van der Waals surface area (Å²) in [6.45, 7) is 2.19. The molecule has 1 heterocycles. The van der Waals surface area contributed by atoms with E-state index in [9.17, 15) is 0 Å². The molecule has 2 rings (SSSR count). The zero-order valence-corrected chi connectivity index (χ0v) is 13.0. The SMILES string of the molecule is COCCCNc1cc(NCc2ccccc2OC)ncn1.